The third-order valence-corrected chi connectivity index (χ3v) is 2.58. The highest BCUT2D eigenvalue weighted by Crippen LogP contribution is 2.17. The molecule has 0 rings (SSSR count). The Morgan fingerprint density at radius 3 is 1.21 bits per heavy atom. The van der Waals surface area contributed by atoms with Crippen molar-refractivity contribution in [3.63, 3.8) is 0 Å². The van der Waals surface area contributed by atoms with Crippen molar-refractivity contribution < 1.29 is 9.47 Å². The molecule has 0 amide bonds. The predicted molar refractivity (Wildman–Crippen MR) is 59.7 cm³/mol. The molecular weight excluding hydrogens is 176 g/mol. The Morgan fingerprint density at radius 2 is 1.00 bits per heavy atom. The molecule has 0 aliphatic carbocycles. The predicted octanol–water partition coefficient (Wildman–Crippen LogP) is 3.62. The lowest BCUT2D eigenvalue weighted by Gasteiger charge is -2.25. The Kier molecular flexibility index (Phi) is 6.38. The molecule has 0 fully saturated rings. The Labute approximate surface area is 89.0 Å². The normalized spacial score (nSPS) is 16.7. The van der Waals surface area contributed by atoms with Gasteiger partial charge in [0.1, 0.15) is 0 Å². The van der Waals surface area contributed by atoms with Gasteiger partial charge in [-0.1, -0.05) is 27.7 Å². The summed E-state index contributed by atoms with van der Waals surface area (Å²) in [6.07, 6.45) is 1.12. The zero-order chi connectivity index (χ0) is 11.3. The van der Waals surface area contributed by atoms with Crippen LogP contribution >= 0.6 is 0 Å². The number of hydrogen-bond acceptors (Lipinski definition) is 2. The molecule has 0 N–H and O–H groups in total. The van der Waals surface area contributed by atoms with E-state index in [2.05, 4.69) is 41.5 Å². The summed E-state index contributed by atoms with van der Waals surface area (Å²) in [6, 6.07) is 0. The van der Waals surface area contributed by atoms with Crippen LogP contribution in [0.15, 0.2) is 0 Å². The molecule has 0 spiro atoms. The van der Waals surface area contributed by atoms with Crippen molar-refractivity contribution in [2.45, 2.75) is 60.7 Å². The fourth-order valence-corrected chi connectivity index (χ4v) is 0.824. The van der Waals surface area contributed by atoms with Crippen LogP contribution in [0.2, 0.25) is 0 Å². The standard InChI is InChI=1S/C12H25O2/c1-8(2)10(5)13-12(7)14-11(6)9(3)4/h8-11H,1-7H3. The summed E-state index contributed by atoms with van der Waals surface area (Å²) in [5.41, 5.74) is 0. The van der Waals surface area contributed by atoms with Crippen molar-refractivity contribution in [3.05, 3.63) is 6.29 Å². The molecule has 0 aromatic rings. The highest BCUT2D eigenvalue weighted by atomic mass is 16.7. The van der Waals surface area contributed by atoms with E-state index in [1.807, 2.05) is 6.92 Å². The van der Waals surface area contributed by atoms with E-state index in [-0.39, 0.29) is 12.2 Å². The molecule has 0 aliphatic rings. The van der Waals surface area contributed by atoms with Crippen LogP contribution in [0.1, 0.15) is 48.5 Å². The van der Waals surface area contributed by atoms with Crippen LogP contribution < -0.4 is 0 Å². The van der Waals surface area contributed by atoms with Gasteiger partial charge in [0, 0.05) is 0 Å². The van der Waals surface area contributed by atoms with Gasteiger partial charge < -0.3 is 9.47 Å². The second kappa shape index (κ2) is 6.41. The van der Waals surface area contributed by atoms with Gasteiger partial charge in [0.2, 0.25) is 6.29 Å². The first-order valence-corrected chi connectivity index (χ1v) is 5.51. The smallest absolute Gasteiger partial charge is 0.221 e. The summed E-state index contributed by atoms with van der Waals surface area (Å²) in [4.78, 5) is 0. The van der Waals surface area contributed by atoms with Gasteiger partial charge in [-0.2, -0.15) is 0 Å². The summed E-state index contributed by atoms with van der Waals surface area (Å²) >= 11 is 0. The van der Waals surface area contributed by atoms with Gasteiger partial charge in [-0.05, 0) is 32.6 Å². The molecular formula is C12H25O2. The quantitative estimate of drug-likeness (QED) is 0.653. The lowest BCUT2D eigenvalue weighted by Crippen LogP contribution is -2.24. The van der Waals surface area contributed by atoms with Crippen LogP contribution in [0.4, 0.5) is 0 Å². The van der Waals surface area contributed by atoms with Crippen LogP contribution in [-0.2, 0) is 9.47 Å². The molecule has 1 radical (unpaired) electrons. The maximum atomic E-state index is 5.63. The van der Waals surface area contributed by atoms with E-state index in [9.17, 15) is 0 Å². The van der Waals surface area contributed by atoms with Gasteiger partial charge in [0.05, 0.1) is 12.2 Å². The zero-order valence-electron chi connectivity index (χ0n) is 10.6. The topological polar surface area (TPSA) is 18.5 Å². The lowest BCUT2D eigenvalue weighted by molar-refractivity contribution is -0.112. The van der Waals surface area contributed by atoms with Crippen LogP contribution in [0.25, 0.3) is 0 Å². The van der Waals surface area contributed by atoms with Gasteiger partial charge >= 0.3 is 0 Å². The molecule has 2 nitrogen and oxygen atoms in total. The van der Waals surface area contributed by atoms with Crippen LogP contribution in [0.5, 0.6) is 0 Å². The van der Waals surface area contributed by atoms with E-state index in [0.717, 1.165) is 0 Å². The summed E-state index contributed by atoms with van der Waals surface area (Å²) < 4.78 is 11.3. The molecule has 0 saturated heterocycles. The maximum Gasteiger partial charge on any atom is 0.221 e. The molecule has 0 heterocycles. The number of rotatable bonds is 6. The summed E-state index contributed by atoms with van der Waals surface area (Å²) in [5, 5.41) is 0. The molecule has 0 saturated carbocycles. The first-order valence-electron chi connectivity index (χ1n) is 5.51. The number of hydrogen-bond donors (Lipinski definition) is 0. The molecule has 0 bridgehead atoms. The van der Waals surface area contributed by atoms with Gasteiger partial charge in [-0.25, -0.2) is 0 Å². The van der Waals surface area contributed by atoms with Crippen LogP contribution in [0, 0.1) is 18.1 Å². The third kappa shape index (κ3) is 5.61. The average Bonchev–Trinajstić information content (AvgIpc) is 2.03. The van der Waals surface area contributed by atoms with Crippen LogP contribution in [-0.4, -0.2) is 12.2 Å². The average molecular weight is 201 g/mol. The first-order chi connectivity index (χ1) is 6.34. The molecule has 85 valence electrons. The van der Waals surface area contributed by atoms with E-state index in [1.54, 1.807) is 0 Å². The summed E-state index contributed by atoms with van der Waals surface area (Å²) in [6.45, 7) is 14.6. The van der Waals surface area contributed by atoms with Crippen LogP contribution in [0.3, 0.4) is 0 Å². The van der Waals surface area contributed by atoms with Gasteiger partial charge in [-0.15, -0.1) is 0 Å². The molecule has 0 aliphatic heterocycles. The van der Waals surface area contributed by atoms with E-state index < -0.39 is 0 Å². The highest BCUT2D eigenvalue weighted by Gasteiger charge is 2.17. The van der Waals surface area contributed by atoms with E-state index in [1.165, 1.54) is 0 Å². The zero-order valence-corrected chi connectivity index (χ0v) is 10.6. The number of ether oxygens (including phenoxy) is 2. The van der Waals surface area contributed by atoms with E-state index >= 15 is 0 Å². The monoisotopic (exact) mass is 201 g/mol. The van der Waals surface area contributed by atoms with Crippen molar-refractivity contribution in [2.24, 2.45) is 11.8 Å². The van der Waals surface area contributed by atoms with Crippen molar-refractivity contribution >= 4 is 0 Å². The summed E-state index contributed by atoms with van der Waals surface area (Å²) in [5.74, 6) is 1.03. The minimum Gasteiger partial charge on any atom is -0.342 e. The highest BCUT2D eigenvalue weighted by molar-refractivity contribution is 4.66. The van der Waals surface area contributed by atoms with Gasteiger partial charge in [0.15, 0.2) is 0 Å². The third-order valence-electron chi connectivity index (χ3n) is 2.58. The van der Waals surface area contributed by atoms with Crippen molar-refractivity contribution in [2.75, 3.05) is 0 Å². The minimum absolute atomic E-state index is 0.217. The largest absolute Gasteiger partial charge is 0.342 e. The Hall–Kier alpha value is -0.0800. The van der Waals surface area contributed by atoms with Crippen molar-refractivity contribution in [1.82, 2.24) is 0 Å². The Balaban J connectivity index is 3.80. The molecule has 0 aromatic heterocycles. The molecule has 2 unspecified atom stereocenters. The minimum atomic E-state index is 0.217. The van der Waals surface area contributed by atoms with Crippen molar-refractivity contribution in [1.29, 1.82) is 0 Å². The van der Waals surface area contributed by atoms with E-state index in [4.69, 9.17) is 9.47 Å². The van der Waals surface area contributed by atoms with Gasteiger partial charge in [0.25, 0.3) is 0 Å². The molecule has 14 heavy (non-hydrogen) atoms. The molecule has 2 heteroatoms. The second-order valence-corrected chi connectivity index (χ2v) is 4.63. The van der Waals surface area contributed by atoms with Gasteiger partial charge in [-0.3, -0.25) is 0 Å². The van der Waals surface area contributed by atoms with E-state index in [0.29, 0.717) is 18.1 Å². The second-order valence-electron chi connectivity index (χ2n) is 4.63. The summed E-state index contributed by atoms with van der Waals surface area (Å²) in [7, 11) is 0. The molecule has 2 atom stereocenters. The fraction of sp³-hybridized carbons (Fsp3) is 0.917. The SMILES string of the molecule is C[C](OC(C)C(C)C)OC(C)C(C)C. The maximum absolute atomic E-state index is 5.63. The first kappa shape index (κ1) is 13.9. The fourth-order valence-electron chi connectivity index (χ4n) is 0.824. The van der Waals surface area contributed by atoms with Crippen molar-refractivity contribution in [3.8, 4) is 0 Å². The lowest BCUT2D eigenvalue weighted by atomic mass is 10.1. The molecule has 0 aromatic carbocycles. The Bertz CT molecular complexity index is 127. The Morgan fingerprint density at radius 1 is 0.714 bits per heavy atom.